The predicted molar refractivity (Wildman–Crippen MR) is 103 cm³/mol. The first-order valence-electron chi connectivity index (χ1n) is 8.62. The summed E-state index contributed by atoms with van der Waals surface area (Å²) in [4.78, 5) is 12.2. The van der Waals surface area contributed by atoms with Crippen molar-refractivity contribution in [3.63, 3.8) is 0 Å². The molecule has 0 aromatic heterocycles. The van der Waals surface area contributed by atoms with Crippen molar-refractivity contribution < 1.29 is 14.3 Å². The minimum Gasteiger partial charge on any atom is -0.414 e. The first-order valence-corrected chi connectivity index (χ1v) is 11.5. The number of rotatable bonds is 8. The van der Waals surface area contributed by atoms with Crippen LogP contribution in [-0.2, 0) is 9.22 Å². The van der Waals surface area contributed by atoms with Crippen LogP contribution in [0.25, 0.3) is 6.08 Å². The Morgan fingerprint density at radius 2 is 1.79 bits per heavy atom. The number of carbonyl (C=O) groups is 1. The van der Waals surface area contributed by atoms with E-state index < -0.39 is 14.4 Å². The SMILES string of the molecule is C[C@@H](CC(=O)C[C@H](O)/C=C/c1ccccc1)O[Si](C)(C)C(C)(C)C. The highest BCUT2D eigenvalue weighted by Gasteiger charge is 2.38. The van der Waals surface area contributed by atoms with E-state index in [1.54, 1.807) is 6.08 Å². The molecule has 3 nitrogen and oxygen atoms in total. The van der Waals surface area contributed by atoms with Gasteiger partial charge in [-0.25, -0.2) is 0 Å². The van der Waals surface area contributed by atoms with E-state index in [2.05, 4.69) is 33.9 Å². The van der Waals surface area contributed by atoms with Gasteiger partial charge in [-0.15, -0.1) is 0 Å². The predicted octanol–water partition coefficient (Wildman–Crippen LogP) is 4.82. The normalized spacial score (nSPS) is 15.5. The number of hydrogen-bond donors (Lipinski definition) is 1. The Hall–Kier alpha value is -1.23. The Morgan fingerprint density at radius 1 is 1.21 bits per heavy atom. The van der Waals surface area contributed by atoms with Crippen LogP contribution in [0.15, 0.2) is 36.4 Å². The zero-order chi connectivity index (χ0) is 18.4. The molecule has 0 aliphatic carbocycles. The topological polar surface area (TPSA) is 46.5 Å². The summed E-state index contributed by atoms with van der Waals surface area (Å²) in [5.74, 6) is 0.0337. The molecule has 0 amide bonds. The number of aliphatic hydroxyl groups is 1. The van der Waals surface area contributed by atoms with Crippen molar-refractivity contribution in [1.82, 2.24) is 0 Å². The van der Waals surface area contributed by atoms with E-state index in [0.717, 1.165) is 5.56 Å². The Kier molecular flexibility index (Phi) is 7.58. The molecule has 0 saturated heterocycles. The van der Waals surface area contributed by atoms with E-state index in [0.29, 0.717) is 6.42 Å². The third-order valence-corrected chi connectivity index (χ3v) is 9.17. The molecular weight excluding hydrogens is 316 g/mol. The molecule has 1 rings (SSSR count). The van der Waals surface area contributed by atoms with Crippen LogP contribution in [0.4, 0.5) is 0 Å². The van der Waals surface area contributed by atoms with E-state index in [1.165, 1.54) is 0 Å². The van der Waals surface area contributed by atoms with Gasteiger partial charge in [0, 0.05) is 18.9 Å². The monoisotopic (exact) mass is 348 g/mol. The molecule has 0 spiro atoms. The fraction of sp³-hybridized carbons (Fsp3) is 0.550. The summed E-state index contributed by atoms with van der Waals surface area (Å²) < 4.78 is 6.20. The third kappa shape index (κ3) is 7.12. The van der Waals surface area contributed by atoms with Crippen molar-refractivity contribution in [3.8, 4) is 0 Å². The van der Waals surface area contributed by atoms with Gasteiger partial charge in [0.2, 0.25) is 0 Å². The Morgan fingerprint density at radius 3 is 2.33 bits per heavy atom. The maximum Gasteiger partial charge on any atom is 0.192 e. The van der Waals surface area contributed by atoms with Crippen LogP contribution < -0.4 is 0 Å². The maximum atomic E-state index is 12.2. The number of ketones is 1. The lowest BCUT2D eigenvalue weighted by Crippen LogP contribution is -2.43. The van der Waals surface area contributed by atoms with Gasteiger partial charge in [-0.05, 0) is 30.6 Å². The van der Waals surface area contributed by atoms with Crippen LogP contribution in [0.2, 0.25) is 18.1 Å². The van der Waals surface area contributed by atoms with Crippen LogP contribution in [0.3, 0.4) is 0 Å². The molecule has 0 unspecified atom stereocenters. The van der Waals surface area contributed by atoms with Gasteiger partial charge in [0.15, 0.2) is 8.32 Å². The van der Waals surface area contributed by atoms with Gasteiger partial charge in [0.25, 0.3) is 0 Å². The molecule has 0 radical (unpaired) electrons. The number of carbonyl (C=O) groups excluding carboxylic acids is 1. The number of aliphatic hydroxyl groups excluding tert-OH is 1. The molecule has 1 N–H and O–H groups in total. The van der Waals surface area contributed by atoms with Crippen molar-refractivity contribution in [3.05, 3.63) is 42.0 Å². The lowest BCUT2D eigenvalue weighted by atomic mass is 10.1. The molecule has 1 aromatic rings. The standard InChI is InChI=1S/C20H32O3Si/c1-16(23-24(5,6)20(2,3)4)14-19(22)15-18(21)13-12-17-10-8-7-9-11-17/h7-13,16,18,21H,14-15H2,1-6H3/b13-12+/t16-,18+/m0/s1. The summed E-state index contributed by atoms with van der Waals surface area (Å²) >= 11 is 0. The molecule has 0 heterocycles. The van der Waals surface area contributed by atoms with Crippen molar-refractivity contribution in [2.24, 2.45) is 0 Å². The van der Waals surface area contributed by atoms with E-state index in [9.17, 15) is 9.90 Å². The summed E-state index contributed by atoms with van der Waals surface area (Å²) in [5.41, 5.74) is 1.01. The second kappa shape index (κ2) is 8.74. The third-order valence-electron chi connectivity index (χ3n) is 4.56. The number of Topliss-reactive ketones (excluding diaryl/α,β-unsaturated/α-hetero) is 1. The molecule has 0 aliphatic heterocycles. The fourth-order valence-electron chi connectivity index (χ4n) is 2.21. The van der Waals surface area contributed by atoms with Crippen molar-refractivity contribution in [2.45, 2.75) is 70.9 Å². The van der Waals surface area contributed by atoms with Crippen molar-refractivity contribution in [1.29, 1.82) is 0 Å². The maximum absolute atomic E-state index is 12.2. The second-order valence-electron chi connectivity index (χ2n) is 7.97. The average molecular weight is 349 g/mol. The highest BCUT2D eigenvalue weighted by atomic mass is 28.4. The molecule has 0 aliphatic rings. The molecule has 134 valence electrons. The quantitative estimate of drug-likeness (QED) is 0.685. The van der Waals surface area contributed by atoms with Gasteiger partial charge in [-0.1, -0.05) is 63.3 Å². The molecule has 0 saturated carbocycles. The lowest BCUT2D eigenvalue weighted by Gasteiger charge is -2.38. The molecular formula is C20H32O3Si. The lowest BCUT2D eigenvalue weighted by molar-refractivity contribution is -0.121. The summed E-state index contributed by atoms with van der Waals surface area (Å²) in [6.07, 6.45) is 3.14. The fourth-order valence-corrected chi connectivity index (χ4v) is 3.66. The van der Waals surface area contributed by atoms with Crippen molar-refractivity contribution in [2.75, 3.05) is 0 Å². The van der Waals surface area contributed by atoms with Crippen LogP contribution in [0.5, 0.6) is 0 Å². The van der Waals surface area contributed by atoms with Gasteiger partial charge < -0.3 is 9.53 Å². The van der Waals surface area contributed by atoms with Gasteiger partial charge in [-0.3, -0.25) is 4.79 Å². The number of hydrogen-bond acceptors (Lipinski definition) is 3. The van der Waals surface area contributed by atoms with Crippen molar-refractivity contribution >= 4 is 20.2 Å². The van der Waals surface area contributed by atoms with E-state index in [-0.39, 0.29) is 23.3 Å². The summed E-state index contributed by atoms with van der Waals surface area (Å²) in [6.45, 7) is 12.9. The Balaban J connectivity index is 2.46. The van der Waals surface area contributed by atoms with Gasteiger partial charge in [0.1, 0.15) is 5.78 Å². The highest BCUT2D eigenvalue weighted by molar-refractivity contribution is 6.74. The molecule has 0 fully saturated rings. The minimum atomic E-state index is -1.86. The summed E-state index contributed by atoms with van der Waals surface area (Å²) in [6, 6.07) is 9.75. The first-order chi connectivity index (χ1) is 11.0. The van der Waals surface area contributed by atoms with E-state index in [4.69, 9.17) is 4.43 Å². The van der Waals surface area contributed by atoms with E-state index in [1.807, 2.05) is 43.3 Å². The largest absolute Gasteiger partial charge is 0.414 e. The van der Waals surface area contributed by atoms with Gasteiger partial charge >= 0.3 is 0 Å². The molecule has 1 aromatic carbocycles. The summed E-state index contributed by atoms with van der Waals surface area (Å²) in [5, 5.41) is 10.1. The minimum absolute atomic E-state index is 0.0337. The van der Waals surface area contributed by atoms with E-state index >= 15 is 0 Å². The van der Waals surface area contributed by atoms with Crippen LogP contribution in [0, 0.1) is 0 Å². The summed E-state index contributed by atoms with van der Waals surface area (Å²) in [7, 11) is -1.86. The zero-order valence-electron chi connectivity index (χ0n) is 15.9. The highest BCUT2D eigenvalue weighted by Crippen LogP contribution is 2.37. The molecule has 4 heteroatoms. The number of benzene rings is 1. The second-order valence-corrected chi connectivity index (χ2v) is 12.7. The smallest absolute Gasteiger partial charge is 0.192 e. The Labute approximate surface area is 147 Å². The van der Waals surface area contributed by atoms with Crippen LogP contribution in [0.1, 0.15) is 46.1 Å². The van der Waals surface area contributed by atoms with Gasteiger partial charge in [0.05, 0.1) is 6.10 Å². The van der Waals surface area contributed by atoms with Gasteiger partial charge in [-0.2, -0.15) is 0 Å². The average Bonchev–Trinajstić information content (AvgIpc) is 2.44. The first kappa shape index (κ1) is 20.8. The molecule has 2 atom stereocenters. The molecule has 24 heavy (non-hydrogen) atoms. The molecule has 0 bridgehead atoms. The Bertz CT molecular complexity index is 544. The zero-order valence-corrected chi connectivity index (χ0v) is 16.9. The van der Waals surface area contributed by atoms with Crippen LogP contribution >= 0.6 is 0 Å². The van der Waals surface area contributed by atoms with Crippen LogP contribution in [-0.4, -0.2) is 31.4 Å².